The Hall–Kier alpha value is -2.34. The Balaban J connectivity index is 1.82. The predicted octanol–water partition coefficient (Wildman–Crippen LogP) is 2.14. The van der Waals surface area contributed by atoms with E-state index in [1.807, 2.05) is 41.4 Å². The topological polar surface area (TPSA) is 63.1 Å². The van der Waals surface area contributed by atoms with Crippen LogP contribution in [0.3, 0.4) is 0 Å². The molecule has 2 aromatic rings. The molecule has 0 atom stereocenters. The molecule has 2 amide bonds. The molecule has 3 rings (SSSR count). The largest absolute Gasteiger partial charge is 0.351 e. The van der Waals surface area contributed by atoms with E-state index in [9.17, 15) is 9.59 Å². The smallest absolute Gasteiger partial charge is 0.268 e. The molecular weight excluding hydrogens is 298 g/mol. The first-order valence-electron chi connectivity index (χ1n) is 7.12. The third-order valence-electron chi connectivity index (χ3n) is 3.43. The van der Waals surface area contributed by atoms with Gasteiger partial charge >= 0.3 is 0 Å². The van der Waals surface area contributed by atoms with Crippen LogP contribution in [-0.4, -0.2) is 22.4 Å². The van der Waals surface area contributed by atoms with Crippen molar-refractivity contribution in [2.24, 2.45) is 7.05 Å². The van der Waals surface area contributed by atoms with E-state index >= 15 is 0 Å². The number of carbonyl (C=O) groups excluding carboxylic acids is 2. The first-order valence-corrected chi connectivity index (χ1v) is 8.00. The molecule has 0 unspecified atom stereocenters. The highest BCUT2D eigenvalue weighted by Gasteiger charge is 2.25. The summed E-state index contributed by atoms with van der Waals surface area (Å²) >= 11 is 1.35. The highest BCUT2D eigenvalue weighted by atomic mass is 32.1. The van der Waals surface area contributed by atoms with E-state index < -0.39 is 0 Å². The maximum Gasteiger partial charge on any atom is 0.268 e. The Labute approximate surface area is 132 Å². The molecule has 5 nitrogen and oxygen atoms in total. The number of aromatic nitrogens is 1. The Morgan fingerprint density at radius 1 is 1.32 bits per heavy atom. The summed E-state index contributed by atoms with van der Waals surface area (Å²) in [6, 6.07) is 7.57. The molecule has 0 aromatic carbocycles. The lowest BCUT2D eigenvalue weighted by Gasteiger charge is -2.10. The molecule has 2 heterocycles. The van der Waals surface area contributed by atoms with E-state index in [-0.39, 0.29) is 23.6 Å². The summed E-state index contributed by atoms with van der Waals surface area (Å²) in [5, 5.41) is 7.47. The SMILES string of the molecule is Cn1cccc1/C=C(\NC(=O)c1cccs1)C(=O)NC1CC1. The normalized spacial score (nSPS) is 14.7. The van der Waals surface area contributed by atoms with Crippen LogP contribution in [0.1, 0.15) is 28.2 Å². The molecule has 0 aliphatic heterocycles. The van der Waals surface area contributed by atoms with Crippen LogP contribution >= 0.6 is 11.3 Å². The van der Waals surface area contributed by atoms with Gasteiger partial charge in [0.05, 0.1) is 4.88 Å². The summed E-state index contributed by atoms with van der Waals surface area (Å²) < 4.78 is 1.89. The molecule has 6 heteroatoms. The number of carbonyl (C=O) groups is 2. The zero-order valence-corrected chi connectivity index (χ0v) is 13.0. The first-order chi connectivity index (χ1) is 10.6. The van der Waals surface area contributed by atoms with Crippen LogP contribution in [-0.2, 0) is 11.8 Å². The monoisotopic (exact) mass is 315 g/mol. The van der Waals surface area contributed by atoms with Gasteiger partial charge in [-0.3, -0.25) is 9.59 Å². The van der Waals surface area contributed by atoms with Gasteiger partial charge in [-0.15, -0.1) is 11.3 Å². The molecule has 1 fully saturated rings. The number of nitrogens with zero attached hydrogens (tertiary/aromatic N) is 1. The molecule has 1 aliphatic carbocycles. The van der Waals surface area contributed by atoms with Gasteiger partial charge in [-0.2, -0.15) is 0 Å². The lowest BCUT2D eigenvalue weighted by molar-refractivity contribution is -0.117. The summed E-state index contributed by atoms with van der Waals surface area (Å²) in [6.45, 7) is 0. The average molecular weight is 315 g/mol. The minimum absolute atomic E-state index is 0.239. The van der Waals surface area contributed by atoms with E-state index in [1.165, 1.54) is 11.3 Å². The third-order valence-corrected chi connectivity index (χ3v) is 4.30. The van der Waals surface area contributed by atoms with Gasteiger partial charge in [0.2, 0.25) is 0 Å². The van der Waals surface area contributed by atoms with E-state index in [0.29, 0.717) is 4.88 Å². The molecule has 1 saturated carbocycles. The van der Waals surface area contributed by atoms with Crippen LogP contribution < -0.4 is 10.6 Å². The Morgan fingerprint density at radius 2 is 2.14 bits per heavy atom. The van der Waals surface area contributed by atoms with Crippen molar-refractivity contribution < 1.29 is 9.59 Å². The molecule has 0 spiro atoms. The Morgan fingerprint density at radius 3 is 2.73 bits per heavy atom. The van der Waals surface area contributed by atoms with Gasteiger partial charge in [0.15, 0.2) is 0 Å². The zero-order chi connectivity index (χ0) is 15.5. The molecule has 114 valence electrons. The predicted molar refractivity (Wildman–Crippen MR) is 86.3 cm³/mol. The number of hydrogen-bond acceptors (Lipinski definition) is 3. The maximum absolute atomic E-state index is 12.3. The maximum atomic E-state index is 12.3. The van der Waals surface area contributed by atoms with Crippen LogP contribution in [0.5, 0.6) is 0 Å². The van der Waals surface area contributed by atoms with Gasteiger partial charge in [0.1, 0.15) is 5.70 Å². The lowest BCUT2D eigenvalue weighted by Crippen LogP contribution is -2.35. The average Bonchev–Trinajstić information content (AvgIpc) is 2.99. The number of aryl methyl sites for hydroxylation is 1. The van der Waals surface area contributed by atoms with Crippen LogP contribution in [0.2, 0.25) is 0 Å². The second-order valence-electron chi connectivity index (χ2n) is 5.28. The summed E-state index contributed by atoms with van der Waals surface area (Å²) in [4.78, 5) is 25.1. The fourth-order valence-corrected chi connectivity index (χ4v) is 2.63. The third kappa shape index (κ3) is 3.46. The number of thiophene rings is 1. The van der Waals surface area contributed by atoms with Crippen molar-refractivity contribution in [1.29, 1.82) is 0 Å². The van der Waals surface area contributed by atoms with Crippen molar-refractivity contribution in [3.63, 3.8) is 0 Å². The van der Waals surface area contributed by atoms with Crippen molar-refractivity contribution in [3.05, 3.63) is 52.1 Å². The quantitative estimate of drug-likeness (QED) is 0.830. The zero-order valence-electron chi connectivity index (χ0n) is 12.2. The fraction of sp³-hybridized carbons (Fsp3) is 0.250. The van der Waals surface area contributed by atoms with Crippen LogP contribution in [0.25, 0.3) is 6.08 Å². The second-order valence-corrected chi connectivity index (χ2v) is 6.23. The first kappa shape index (κ1) is 14.6. The van der Waals surface area contributed by atoms with Crippen LogP contribution in [0, 0.1) is 0 Å². The van der Waals surface area contributed by atoms with Crippen molar-refractivity contribution in [2.45, 2.75) is 18.9 Å². The van der Waals surface area contributed by atoms with E-state index in [2.05, 4.69) is 10.6 Å². The van der Waals surface area contributed by atoms with Gasteiger partial charge in [-0.1, -0.05) is 6.07 Å². The number of amides is 2. The number of hydrogen-bond donors (Lipinski definition) is 2. The van der Waals surface area contributed by atoms with Gasteiger partial charge < -0.3 is 15.2 Å². The number of rotatable bonds is 5. The van der Waals surface area contributed by atoms with E-state index in [1.54, 1.807) is 12.1 Å². The minimum atomic E-state index is -0.263. The standard InChI is InChI=1S/C16H17N3O2S/c1-19-8-2-4-12(19)10-13(15(20)17-11-6-7-11)18-16(21)14-5-3-9-22-14/h2-5,8-11H,6-7H2,1H3,(H,17,20)(H,18,21)/b13-10-. The highest BCUT2D eigenvalue weighted by Crippen LogP contribution is 2.19. The molecule has 0 bridgehead atoms. The highest BCUT2D eigenvalue weighted by molar-refractivity contribution is 7.12. The molecule has 0 radical (unpaired) electrons. The van der Waals surface area contributed by atoms with Gasteiger partial charge in [0.25, 0.3) is 11.8 Å². The van der Waals surface area contributed by atoms with Crippen molar-refractivity contribution in [1.82, 2.24) is 15.2 Å². The summed E-state index contributed by atoms with van der Waals surface area (Å²) in [5.41, 5.74) is 1.12. The molecule has 1 aliphatic rings. The molecular formula is C16H17N3O2S. The molecule has 2 N–H and O–H groups in total. The van der Waals surface area contributed by atoms with Gasteiger partial charge in [-0.05, 0) is 42.5 Å². The Kier molecular flexibility index (Phi) is 4.11. The second kappa shape index (κ2) is 6.19. The van der Waals surface area contributed by atoms with Crippen LogP contribution in [0.4, 0.5) is 0 Å². The minimum Gasteiger partial charge on any atom is -0.351 e. The van der Waals surface area contributed by atoms with Gasteiger partial charge in [-0.25, -0.2) is 0 Å². The molecule has 22 heavy (non-hydrogen) atoms. The summed E-state index contributed by atoms with van der Waals surface area (Å²) in [7, 11) is 1.89. The van der Waals surface area contributed by atoms with E-state index in [4.69, 9.17) is 0 Å². The van der Waals surface area contributed by atoms with Gasteiger partial charge in [0, 0.05) is 25.0 Å². The molecule has 2 aromatic heterocycles. The van der Waals surface area contributed by atoms with E-state index in [0.717, 1.165) is 18.5 Å². The fourth-order valence-electron chi connectivity index (χ4n) is 2.01. The summed E-state index contributed by atoms with van der Waals surface area (Å²) in [5.74, 6) is -0.505. The number of nitrogens with one attached hydrogen (secondary N) is 2. The molecule has 0 saturated heterocycles. The van der Waals surface area contributed by atoms with Crippen LogP contribution in [0.15, 0.2) is 41.5 Å². The lowest BCUT2D eigenvalue weighted by atomic mass is 10.3. The van der Waals surface area contributed by atoms with Crippen molar-refractivity contribution >= 4 is 29.2 Å². The summed E-state index contributed by atoms with van der Waals surface area (Å²) in [6.07, 6.45) is 5.59. The van der Waals surface area contributed by atoms with Crippen molar-refractivity contribution in [2.75, 3.05) is 0 Å². The Bertz CT molecular complexity index is 712. The van der Waals surface area contributed by atoms with Crippen molar-refractivity contribution in [3.8, 4) is 0 Å².